The highest BCUT2D eigenvalue weighted by molar-refractivity contribution is 5.92. The number of rotatable bonds is 3. The van der Waals surface area contributed by atoms with Crippen molar-refractivity contribution in [1.29, 1.82) is 0 Å². The number of hydrogen-bond donors (Lipinski definition) is 2. The fourth-order valence-electron chi connectivity index (χ4n) is 3.33. The number of aromatic nitrogens is 2. The first-order valence-corrected chi connectivity index (χ1v) is 9.20. The van der Waals surface area contributed by atoms with Crippen LogP contribution in [0.15, 0.2) is 42.5 Å². The Morgan fingerprint density at radius 1 is 1.14 bits per heavy atom. The highest BCUT2D eigenvalue weighted by atomic mass is 16.7. The van der Waals surface area contributed by atoms with Gasteiger partial charge >= 0.3 is 0 Å². The van der Waals surface area contributed by atoms with Crippen LogP contribution in [0.4, 0.5) is 5.82 Å². The molecule has 2 aromatic carbocycles. The van der Waals surface area contributed by atoms with Gasteiger partial charge in [-0.15, -0.1) is 0 Å². The van der Waals surface area contributed by atoms with Gasteiger partial charge < -0.3 is 24.6 Å². The summed E-state index contributed by atoms with van der Waals surface area (Å²) in [5, 5.41) is 13.3. The standard InChI is InChI=1S/C21H17N3O5/c1-2-16(25)22-20-17-18(12-5-3-4-6-13(12)29-21(17)26)23-19(24-20)11-7-8-14-15(9-11)28-10-27-14/h3-9,21,26H,2,10H2,1H3,(H,22,23,24,25)/t21-/m0/s1. The van der Waals surface area contributed by atoms with E-state index in [-0.39, 0.29) is 24.9 Å². The molecule has 0 saturated carbocycles. The van der Waals surface area contributed by atoms with E-state index in [9.17, 15) is 9.90 Å². The zero-order chi connectivity index (χ0) is 20.0. The van der Waals surface area contributed by atoms with E-state index >= 15 is 0 Å². The molecule has 2 N–H and O–H groups in total. The van der Waals surface area contributed by atoms with Crippen LogP contribution in [0.5, 0.6) is 17.2 Å². The van der Waals surface area contributed by atoms with Gasteiger partial charge in [-0.3, -0.25) is 4.79 Å². The van der Waals surface area contributed by atoms with Crippen LogP contribution >= 0.6 is 0 Å². The Hall–Kier alpha value is -3.65. The number of hydrogen-bond acceptors (Lipinski definition) is 7. The second kappa shape index (κ2) is 6.75. The second-order valence-electron chi connectivity index (χ2n) is 6.59. The van der Waals surface area contributed by atoms with Gasteiger partial charge in [-0.05, 0) is 30.3 Å². The first kappa shape index (κ1) is 17.4. The van der Waals surface area contributed by atoms with Gasteiger partial charge in [0.1, 0.15) is 11.6 Å². The molecule has 146 valence electrons. The number of benzene rings is 2. The topological polar surface area (TPSA) is 103 Å². The first-order chi connectivity index (χ1) is 14.1. The molecule has 0 fully saturated rings. The van der Waals surface area contributed by atoms with Crippen molar-refractivity contribution in [1.82, 2.24) is 9.97 Å². The molecule has 2 aliphatic rings. The number of aliphatic hydroxyl groups is 1. The SMILES string of the molecule is CCC(=O)Nc1nc(-c2ccc3c(c2)OCO3)nc2c1[C@@H](O)Oc1ccccc1-2. The molecular weight excluding hydrogens is 374 g/mol. The molecule has 0 aliphatic carbocycles. The molecule has 3 heterocycles. The fourth-order valence-corrected chi connectivity index (χ4v) is 3.33. The van der Waals surface area contributed by atoms with Crippen molar-refractivity contribution in [3.8, 4) is 39.9 Å². The van der Waals surface area contributed by atoms with E-state index < -0.39 is 6.29 Å². The molecule has 3 aromatic rings. The van der Waals surface area contributed by atoms with E-state index in [1.54, 1.807) is 25.1 Å². The maximum absolute atomic E-state index is 12.1. The van der Waals surface area contributed by atoms with Crippen LogP contribution in [0.25, 0.3) is 22.6 Å². The molecule has 0 saturated heterocycles. The summed E-state index contributed by atoms with van der Waals surface area (Å²) >= 11 is 0. The van der Waals surface area contributed by atoms with Crippen LogP contribution in [0.1, 0.15) is 25.2 Å². The summed E-state index contributed by atoms with van der Waals surface area (Å²) in [6.45, 7) is 1.91. The van der Waals surface area contributed by atoms with Crippen molar-refractivity contribution in [3.05, 3.63) is 48.0 Å². The third-order valence-electron chi connectivity index (χ3n) is 4.78. The molecular formula is C21H17N3O5. The molecule has 1 aromatic heterocycles. The molecule has 2 aliphatic heterocycles. The number of ether oxygens (including phenoxy) is 3. The number of carbonyl (C=O) groups excluding carboxylic acids is 1. The van der Waals surface area contributed by atoms with E-state index in [2.05, 4.69) is 10.3 Å². The number of amides is 1. The molecule has 8 heteroatoms. The number of para-hydroxylation sites is 1. The van der Waals surface area contributed by atoms with Gasteiger partial charge in [0, 0.05) is 17.5 Å². The summed E-state index contributed by atoms with van der Waals surface area (Å²) in [6.07, 6.45) is -1.02. The van der Waals surface area contributed by atoms with Crippen molar-refractivity contribution in [2.45, 2.75) is 19.6 Å². The zero-order valence-corrected chi connectivity index (χ0v) is 15.5. The Balaban J connectivity index is 1.71. The molecule has 8 nitrogen and oxygen atoms in total. The molecule has 0 unspecified atom stereocenters. The lowest BCUT2D eigenvalue weighted by atomic mass is 10.0. The van der Waals surface area contributed by atoms with Crippen LogP contribution in [-0.2, 0) is 4.79 Å². The number of aliphatic hydroxyl groups excluding tert-OH is 1. The van der Waals surface area contributed by atoms with Crippen LogP contribution in [0.2, 0.25) is 0 Å². The first-order valence-electron chi connectivity index (χ1n) is 9.20. The third-order valence-corrected chi connectivity index (χ3v) is 4.78. The zero-order valence-electron chi connectivity index (χ0n) is 15.5. The van der Waals surface area contributed by atoms with Gasteiger partial charge in [-0.1, -0.05) is 19.1 Å². The van der Waals surface area contributed by atoms with Crippen LogP contribution in [-0.4, -0.2) is 27.8 Å². The molecule has 5 rings (SSSR count). The predicted octanol–water partition coefficient (Wildman–Crippen LogP) is 3.27. The van der Waals surface area contributed by atoms with Gasteiger partial charge in [0.2, 0.25) is 19.0 Å². The number of fused-ring (bicyclic) bond motifs is 4. The van der Waals surface area contributed by atoms with Gasteiger partial charge in [0.15, 0.2) is 17.3 Å². The van der Waals surface area contributed by atoms with Crippen molar-refractivity contribution < 1.29 is 24.1 Å². The van der Waals surface area contributed by atoms with Gasteiger partial charge in [0.05, 0.1) is 11.3 Å². The minimum absolute atomic E-state index is 0.165. The minimum atomic E-state index is -1.29. The number of carbonyl (C=O) groups is 1. The lowest BCUT2D eigenvalue weighted by molar-refractivity contribution is -0.115. The lowest BCUT2D eigenvalue weighted by Crippen LogP contribution is -2.21. The monoisotopic (exact) mass is 391 g/mol. The summed E-state index contributed by atoms with van der Waals surface area (Å²) in [5.41, 5.74) is 2.25. The minimum Gasteiger partial charge on any atom is -0.460 e. The molecule has 29 heavy (non-hydrogen) atoms. The van der Waals surface area contributed by atoms with E-state index in [0.717, 1.165) is 0 Å². The average Bonchev–Trinajstić information content (AvgIpc) is 3.21. The van der Waals surface area contributed by atoms with Crippen molar-refractivity contribution >= 4 is 11.7 Å². The number of nitrogens with one attached hydrogen (secondary N) is 1. The number of anilines is 1. The van der Waals surface area contributed by atoms with E-state index in [1.165, 1.54) is 0 Å². The van der Waals surface area contributed by atoms with Gasteiger partial charge in [0.25, 0.3) is 0 Å². The van der Waals surface area contributed by atoms with Gasteiger partial charge in [-0.2, -0.15) is 0 Å². The van der Waals surface area contributed by atoms with Crippen LogP contribution in [0, 0.1) is 0 Å². The maximum Gasteiger partial charge on any atom is 0.231 e. The highest BCUT2D eigenvalue weighted by Gasteiger charge is 2.31. The Morgan fingerprint density at radius 2 is 1.97 bits per heavy atom. The summed E-state index contributed by atoms with van der Waals surface area (Å²) in [5.74, 6) is 2.14. The fraction of sp³-hybridized carbons (Fsp3) is 0.190. The molecule has 1 amide bonds. The summed E-state index contributed by atoms with van der Waals surface area (Å²) in [4.78, 5) is 21.3. The van der Waals surface area contributed by atoms with Crippen molar-refractivity contribution in [3.63, 3.8) is 0 Å². The molecule has 0 radical (unpaired) electrons. The van der Waals surface area contributed by atoms with Crippen LogP contribution < -0.4 is 19.5 Å². The third kappa shape index (κ3) is 2.94. The van der Waals surface area contributed by atoms with Crippen LogP contribution in [0.3, 0.4) is 0 Å². The smallest absolute Gasteiger partial charge is 0.231 e. The summed E-state index contributed by atoms with van der Waals surface area (Å²) < 4.78 is 16.4. The van der Waals surface area contributed by atoms with E-state index in [1.807, 2.05) is 24.3 Å². The van der Waals surface area contributed by atoms with Crippen molar-refractivity contribution in [2.75, 3.05) is 12.1 Å². The molecule has 0 spiro atoms. The Labute approximate surface area is 166 Å². The predicted molar refractivity (Wildman–Crippen MR) is 104 cm³/mol. The second-order valence-corrected chi connectivity index (χ2v) is 6.59. The Bertz CT molecular complexity index is 1130. The molecule has 1 atom stereocenters. The lowest BCUT2D eigenvalue weighted by Gasteiger charge is -2.26. The normalized spacial score (nSPS) is 15.9. The quantitative estimate of drug-likeness (QED) is 0.706. The maximum atomic E-state index is 12.1. The summed E-state index contributed by atoms with van der Waals surface area (Å²) in [7, 11) is 0. The van der Waals surface area contributed by atoms with E-state index in [4.69, 9.17) is 19.2 Å². The molecule has 0 bridgehead atoms. The van der Waals surface area contributed by atoms with Gasteiger partial charge in [-0.25, -0.2) is 9.97 Å². The largest absolute Gasteiger partial charge is 0.460 e. The Kier molecular flexibility index (Phi) is 4.06. The van der Waals surface area contributed by atoms with E-state index in [0.29, 0.717) is 45.5 Å². The number of nitrogens with zero attached hydrogens (tertiary/aromatic N) is 2. The average molecular weight is 391 g/mol. The summed E-state index contributed by atoms with van der Waals surface area (Å²) in [6, 6.07) is 12.7. The highest BCUT2D eigenvalue weighted by Crippen LogP contribution is 2.44. The van der Waals surface area contributed by atoms with Crippen molar-refractivity contribution in [2.24, 2.45) is 0 Å². The Morgan fingerprint density at radius 3 is 2.83 bits per heavy atom.